The molecule has 0 spiro atoms. The van der Waals surface area contributed by atoms with Gasteiger partial charge in [0, 0.05) is 33.5 Å². The molecular formula is C55H49ClN2O2. The Kier molecular flexibility index (Phi) is 9.93. The molecule has 0 aliphatic heterocycles. The average molecular weight is 805 g/mol. The van der Waals surface area contributed by atoms with Gasteiger partial charge in [-0.15, -0.1) is 0 Å². The van der Waals surface area contributed by atoms with Gasteiger partial charge in [0.1, 0.15) is 11.2 Å². The van der Waals surface area contributed by atoms with E-state index in [-0.39, 0.29) is 10.8 Å². The Morgan fingerprint density at radius 2 is 0.817 bits per heavy atom. The van der Waals surface area contributed by atoms with Gasteiger partial charge in [-0.2, -0.15) is 0 Å². The predicted octanol–water partition coefficient (Wildman–Crippen LogP) is 17.0. The van der Waals surface area contributed by atoms with Gasteiger partial charge in [0.25, 0.3) is 0 Å². The molecule has 0 unspecified atom stereocenters. The molecule has 2 heterocycles. The molecule has 0 aliphatic carbocycles. The standard InChI is InChI=1S/C55H49ClN2O2/c1-36-30-49(57(45-22-18-43(19-23-45)54(2,3)4)46-24-20-44(21-25-46)55(5,6)7)53(56)50(31-36)58(47-12-8-10-39(32-47)41-16-14-37-26-28-59-51(37)34-41)48-13-9-11-40(33-48)42-17-15-38-27-29-60-52(38)35-42/h8-35H,1-7H3. The van der Waals surface area contributed by atoms with Crippen molar-refractivity contribution in [3.05, 3.63) is 192 Å². The summed E-state index contributed by atoms with van der Waals surface area (Å²) < 4.78 is 11.6. The zero-order valence-electron chi connectivity index (χ0n) is 35.3. The second-order valence-corrected chi connectivity index (χ2v) is 18.2. The van der Waals surface area contributed by atoms with Crippen molar-refractivity contribution in [2.75, 3.05) is 9.80 Å². The molecule has 0 bridgehead atoms. The first-order valence-electron chi connectivity index (χ1n) is 20.6. The molecule has 4 nitrogen and oxygen atoms in total. The molecule has 7 aromatic carbocycles. The highest BCUT2D eigenvalue weighted by atomic mass is 35.5. The van der Waals surface area contributed by atoms with Crippen molar-refractivity contribution in [3.63, 3.8) is 0 Å². The fourth-order valence-electron chi connectivity index (χ4n) is 8.05. The van der Waals surface area contributed by atoms with Gasteiger partial charge in [-0.25, -0.2) is 0 Å². The Morgan fingerprint density at radius 3 is 1.23 bits per heavy atom. The second-order valence-electron chi connectivity index (χ2n) is 17.8. The van der Waals surface area contributed by atoms with Crippen molar-refractivity contribution < 1.29 is 8.83 Å². The van der Waals surface area contributed by atoms with E-state index in [1.807, 2.05) is 12.1 Å². The van der Waals surface area contributed by atoms with E-state index in [2.05, 4.69) is 204 Å². The summed E-state index contributed by atoms with van der Waals surface area (Å²) in [6.07, 6.45) is 3.48. The van der Waals surface area contributed by atoms with Crippen molar-refractivity contribution in [1.82, 2.24) is 0 Å². The molecule has 298 valence electrons. The third kappa shape index (κ3) is 7.60. The molecule has 0 atom stereocenters. The zero-order chi connectivity index (χ0) is 41.8. The summed E-state index contributed by atoms with van der Waals surface area (Å²) in [4.78, 5) is 4.58. The summed E-state index contributed by atoms with van der Waals surface area (Å²) in [5.74, 6) is 0. The maximum Gasteiger partial charge on any atom is 0.134 e. The number of rotatable bonds is 8. The minimum Gasteiger partial charge on any atom is -0.464 e. The molecule has 0 amide bonds. The Hall–Kier alpha value is -6.49. The lowest BCUT2D eigenvalue weighted by Gasteiger charge is -2.32. The van der Waals surface area contributed by atoms with Crippen LogP contribution in [0, 0.1) is 6.92 Å². The second kappa shape index (κ2) is 15.3. The first kappa shape index (κ1) is 39.0. The van der Waals surface area contributed by atoms with Gasteiger partial charge < -0.3 is 18.6 Å². The van der Waals surface area contributed by atoms with Gasteiger partial charge in [-0.05, 0) is 142 Å². The zero-order valence-corrected chi connectivity index (χ0v) is 36.0. The van der Waals surface area contributed by atoms with Gasteiger partial charge in [0.05, 0.1) is 28.9 Å². The number of aryl methyl sites for hydroxylation is 1. The molecule has 0 fully saturated rings. The first-order valence-corrected chi connectivity index (χ1v) is 20.9. The quantitative estimate of drug-likeness (QED) is 0.153. The van der Waals surface area contributed by atoms with E-state index < -0.39 is 0 Å². The summed E-state index contributed by atoms with van der Waals surface area (Å²) >= 11 is 7.89. The number of fused-ring (bicyclic) bond motifs is 2. The lowest BCUT2D eigenvalue weighted by atomic mass is 9.86. The van der Waals surface area contributed by atoms with Crippen LogP contribution in [0.15, 0.2) is 179 Å². The normalized spacial score (nSPS) is 12.0. The lowest BCUT2D eigenvalue weighted by molar-refractivity contribution is 0.590. The van der Waals surface area contributed by atoms with Crippen molar-refractivity contribution in [2.45, 2.75) is 59.3 Å². The van der Waals surface area contributed by atoms with E-state index in [0.29, 0.717) is 5.02 Å². The maximum absolute atomic E-state index is 7.89. The molecule has 9 rings (SSSR count). The average Bonchev–Trinajstić information content (AvgIpc) is 3.92. The SMILES string of the molecule is Cc1cc(N(c2ccc(C(C)(C)C)cc2)c2ccc(C(C)(C)C)cc2)c(Cl)c(N(c2cccc(-c3ccc4ccoc4c3)c2)c2cccc(-c3ccc4ccoc4c3)c2)c1. The molecule has 0 saturated heterocycles. The van der Waals surface area contributed by atoms with Gasteiger partial charge in [-0.3, -0.25) is 0 Å². The minimum absolute atomic E-state index is 0.0167. The van der Waals surface area contributed by atoms with Crippen LogP contribution >= 0.6 is 11.6 Å². The van der Waals surface area contributed by atoms with E-state index in [0.717, 1.165) is 83.9 Å². The number of furan rings is 2. The Bertz CT molecular complexity index is 2800. The van der Waals surface area contributed by atoms with Crippen molar-refractivity contribution >= 4 is 67.7 Å². The predicted molar refractivity (Wildman–Crippen MR) is 253 cm³/mol. The van der Waals surface area contributed by atoms with Crippen LogP contribution in [0.2, 0.25) is 5.02 Å². The van der Waals surface area contributed by atoms with Crippen molar-refractivity contribution in [3.8, 4) is 22.3 Å². The number of benzene rings is 7. The fourth-order valence-corrected chi connectivity index (χ4v) is 8.33. The van der Waals surface area contributed by atoms with Crippen LogP contribution in [0.1, 0.15) is 58.2 Å². The fraction of sp³-hybridized carbons (Fsp3) is 0.164. The molecular weight excluding hydrogens is 756 g/mol. The summed E-state index contributed by atoms with van der Waals surface area (Å²) in [7, 11) is 0. The molecule has 9 aromatic rings. The van der Waals surface area contributed by atoms with E-state index in [9.17, 15) is 0 Å². The van der Waals surface area contributed by atoms with Gasteiger partial charge in [0.15, 0.2) is 0 Å². The number of nitrogens with zero attached hydrogens (tertiary/aromatic N) is 2. The van der Waals surface area contributed by atoms with Crippen molar-refractivity contribution in [1.29, 1.82) is 0 Å². The third-order valence-corrected chi connectivity index (χ3v) is 11.8. The third-order valence-electron chi connectivity index (χ3n) is 11.4. The van der Waals surface area contributed by atoms with E-state index in [1.165, 1.54) is 11.1 Å². The van der Waals surface area contributed by atoms with Gasteiger partial charge in [0.2, 0.25) is 0 Å². The topological polar surface area (TPSA) is 32.8 Å². The lowest BCUT2D eigenvalue weighted by Crippen LogP contribution is -2.16. The number of halogens is 1. The molecule has 0 aliphatic rings. The van der Waals surface area contributed by atoms with Crippen LogP contribution in [0.25, 0.3) is 44.2 Å². The van der Waals surface area contributed by atoms with Crippen molar-refractivity contribution in [2.24, 2.45) is 0 Å². The number of hydrogen-bond donors (Lipinski definition) is 0. The highest BCUT2D eigenvalue weighted by Crippen LogP contribution is 2.49. The summed E-state index contributed by atoms with van der Waals surface area (Å²) in [5.41, 5.74) is 15.4. The van der Waals surface area contributed by atoms with Crippen LogP contribution in [-0.2, 0) is 10.8 Å². The van der Waals surface area contributed by atoms with Crippen LogP contribution in [0.3, 0.4) is 0 Å². The largest absolute Gasteiger partial charge is 0.464 e. The molecule has 5 heteroatoms. The molecule has 2 aromatic heterocycles. The van der Waals surface area contributed by atoms with E-state index in [4.69, 9.17) is 20.4 Å². The van der Waals surface area contributed by atoms with Crippen LogP contribution in [-0.4, -0.2) is 0 Å². The van der Waals surface area contributed by atoms with E-state index in [1.54, 1.807) is 12.5 Å². The number of anilines is 6. The Morgan fingerprint density at radius 1 is 0.417 bits per heavy atom. The Labute approximate surface area is 358 Å². The molecule has 0 saturated carbocycles. The maximum atomic E-state index is 7.89. The van der Waals surface area contributed by atoms with Crippen LogP contribution in [0.5, 0.6) is 0 Å². The molecule has 0 radical (unpaired) electrons. The first-order chi connectivity index (χ1) is 28.8. The van der Waals surface area contributed by atoms with Crippen LogP contribution in [0.4, 0.5) is 34.1 Å². The summed E-state index contributed by atoms with van der Waals surface area (Å²) in [5, 5.41) is 2.78. The Balaban J connectivity index is 1.24. The van der Waals surface area contributed by atoms with E-state index >= 15 is 0 Å². The summed E-state index contributed by atoms with van der Waals surface area (Å²) in [6, 6.07) is 56.2. The number of hydrogen-bond acceptors (Lipinski definition) is 4. The monoisotopic (exact) mass is 804 g/mol. The highest BCUT2D eigenvalue weighted by molar-refractivity contribution is 6.36. The van der Waals surface area contributed by atoms with Crippen LogP contribution < -0.4 is 9.80 Å². The van der Waals surface area contributed by atoms with Gasteiger partial charge in [-0.1, -0.05) is 126 Å². The van der Waals surface area contributed by atoms with Gasteiger partial charge >= 0.3 is 0 Å². The summed E-state index contributed by atoms with van der Waals surface area (Å²) in [6.45, 7) is 15.6. The smallest absolute Gasteiger partial charge is 0.134 e. The molecule has 60 heavy (non-hydrogen) atoms. The highest BCUT2D eigenvalue weighted by Gasteiger charge is 2.25. The molecule has 0 N–H and O–H groups in total. The minimum atomic E-state index is 0.0167.